The average molecular weight is 279 g/mol. The fourth-order valence-corrected chi connectivity index (χ4v) is 1.37. The van der Waals surface area contributed by atoms with Gasteiger partial charge in [-0.1, -0.05) is 18.2 Å². The molecule has 1 N–H and O–H groups in total. The Kier molecular flexibility index (Phi) is 4.53. The number of aliphatic hydroxyl groups excluding tert-OH is 1. The highest BCUT2D eigenvalue weighted by Gasteiger charge is 2.38. The fraction of sp³-hybridized carbons (Fsp3) is 0.250. The highest BCUT2D eigenvalue weighted by Crippen LogP contribution is 2.25. The molecule has 0 heterocycles. The number of alkyl halides is 3. The smallest absolute Gasteiger partial charge is 0.383 e. The summed E-state index contributed by atoms with van der Waals surface area (Å²) >= 11 is 5.62. The Morgan fingerprint density at radius 1 is 1.33 bits per heavy atom. The highest BCUT2D eigenvalue weighted by atomic mass is 35.5. The van der Waals surface area contributed by atoms with E-state index in [0.29, 0.717) is 5.02 Å². The van der Waals surface area contributed by atoms with Gasteiger partial charge in [0.1, 0.15) is 0 Å². The Morgan fingerprint density at radius 2 is 1.83 bits per heavy atom. The van der Waals surface area contributed by atoms with Gasteiger partial charge in [-0.15, -0.1) is 0 Å². The van der Waals surface area contributed by atoms with Crippen molar-refractivity contribution in [3.8, 4) is 0 Å². The van der Waals surface area contributed by atoms with Gasteiger partial charge in [-0.3, -0.25) is 4.79 Å². The van der Waals surface area contributed by atoms with Crippen LogP contribution in [-0.4, -0.2) is 23.2 Å². The summed E-state index contributed by atoms with van der Waals surface area (Å²) in [5.41, 5.74) is -0.124. The van der Waals surface area contributed by atoms with Gasteiger partial charge in [0, 0.05) is 17.0 Å². The highest BCUT2D eigenvalue weighted by molar-refractivity contribution is 6.30. The lowest BCUT2D eigenvalue weighted by Crippen LogP contribution is -2.29. The lowest BCUT2D eigenvalue weighted by atomic mass is 10.00. The lowest BCUT2D eigenvalue weighted by molar-refractivity contribution is -0.202. The number of hydrogen-bond acceptors (Lipinski definition) is 2. The summed E-state index contributed by atoms with van der Waals surface area (Å²) in [6.45, 7) is 3.26. The van der Waals surface area contributed by atoms with Gasteiger partial charge in [-0.2, -0.15) is 13.2 Å². The standard InChI is InChI=1S/C12H10ClF3O2/c1-7(6-10(17)12(14,15)16)11(18)8-2-4-9(13)5-3-8/h2-5,10,17H,1,6H2. The zero-order valence-corrected chi connectivity index (χ0v) is 9.92. The predicted octanol–water partition coefficient (Wildman–Crippen LogP) is 3.39. The van der Waals surface area contributed by atoms with Gasteiger partial charge in [0.15, 0.2) is 11.9 Å². The first-order valence-corrected chi connectivity index (χ1v) is 5.32. The fourth-order valence-electron chi connectivity index (χ4n) is 1.25. The van der Waals surface area contributed by atoms with Crippen LogP contribution in [0.5, 0.6) is 0 Å². The minimum atomic E-state index is -4.76. The molecule has 18 heavy (non-hydrogen) atoms. The lowest BCUT2D eigenvalue weighted by Gasteiger charge is -2.15. The minimum Gasteiger partial charge on any atom is -0.383 e. The van der Waals surface area contributed by atoms with Gasteiger partial charge in [-0.25, -0.2) is 0 Å². The molecule has 0 fully saturated rings. The van der Waals surface area contributed by atoms with Crippen molar-refractivity contribution in [3.63, 3.8) is 0 Å². The van der Waals surface area contributed by atoms with Gasteiger partial charge >= 0.3 is 6.18 Å². The van der Waals surface area contributed by atoms with E-state index in [2.05, 4.69) is 6.58 Å². The van der Waals surface area contributed by atoms with Crippen LogP contribution in [-0.2, 0) is 0 Å². The zero-order valence-electron chi connectivity index (χ0n) is 9.17. The number of Topliss-reactive ketones (excluding diaryl/α,β-unsaturated/α-hetero) is 1. The van der Waals surface area contributed by atoms with E-state index in [0.717, 1.165) is 0 Å². The first kappa shape index (κ1) is 14.7. The molecule has 0 radical (unpaired) electrons. The van der Waals surface area contributed by atoms with E-state index in [1.807, 2.05) is 0 Å². The summed E-state index contributed by atoms with van der Waals surface area (Å²) < 4.78 is 36.3. The van der Waals surface area contributed by atoms with Crippen LogP contribution in [0.25, 0.3) is 0 Å². The maximum absolute atomic E-state index is 12.1. The molecule has 0 aliphatic heterocycles. The van der Waals surface area contributed by atoms with Crippen molar-refractivity contribution < 1.29 is 23.1 Å². The zero-order chi connectivity index (χ0) is 13.9. The van der Waals surface area contributed by atoms with Gasteiger partial charge in [0.05, 0.1) is 0 Å². The van der Waals surface area contributed by atoms with Gasteiger partial charge < -0.3 is 5.11 Å². The number of hydrogen-bond donors (Lipinski definition) is 1. The second-order valence-corrected chi connectivity index (χ2v) is 4.14. The van der Waals surface area contributed by atoms with E-state index >= 15 is 0 Å². The Bertz CT molecular complexity index is 451. The third kappa shape index (κ3) is 3.85. The maximum atomic E-state index is 12.1. The predicted molar refractivity (Wildman–Crippen MR) is 61.6 cm³/mol. The summed E-state index contributed by atoms with van der Waals surface area (Å²) in [6, 6.07) is 5.66. The summed E-state index contributed by atoms with van der Waals surface area (Å²) in [5.74, 6) is -0.644. The molecule has 0 saturated carbocycles. The summed E-state index contributed by atoms with van der Waals surface area (Å²) in [5, 5.41) is 9.25. The van der Waals surface area contributed by atoms with E-state index in [-0.39, 0.29) is 11.1 Å². The van der Waals surface area contributed by atoms with Crippen LogP contribution < -0.4 is 0 Å². The Balaban J connectivity index is 2.74. The minimum absolute atomic E-state index is 0.179. The molecule has 0 amide bonds. The largest absolute Gasteiger partial charge is 0.414 e. The van der Waals surface area contributed by atoms with Crippen molar-refractivity contribution in [1.29, 1.82) is 0 Å². The van der Waals surface area contributed by atoms with Crippen LogP contribution in [0, 0.1) is 0 Å². The summed E-state index contributed by atoms with van der Waals surface area (Å²) in [7, 11) is 0. The molecule has 2 nitrogen and oxygen atoms in total. The monoisotopic (exact) mass is 278 g/mol. The van der Waals surface area contributed by atoms with Crippen LogP contribution in [0.1, 0.15) is 16.8 Å². The van der Waals surface area contributed by atoms with Gasteiger partial charge in [-0.05, 0) is 29.8 Å². The third-order valence-electron chi connectivity index (χ3n) is 2.25. The van der Waals surface area contributed by atoms with E-state index in [4.69, 9.17) is 16.7 Å². The molecule has 98 valence electrons. The Hall–Kier alpha value is -1.33. The number of carbonyl (C=O) groups is 1. The van der Waals surface area contributed by atoms with E-state index in [9.17, 15) is 18.0 Å². The first-order chi connectivity index (χ1) is 8.21. The number of carbonyl (C=O) groups excluding carboxylic acids is 1. The number of ketones is 1. The molecule has 6 heteroatoms. The Morgan fingerprint density at radius 3 is 2.28 bits per heavy atom. The number of halogens is 4. The summed E-state index contributed by atoms with van der Waals surface area (Å²) in [4.78, 5) is 11.7. The normalized spacial score (nSPS) is 13.2. The molecule has 0 saturated heterocycles. The van der Waals surface area contributed by atoms with Gasteiger partial charge in [0.2, 0.25) is 0 Å². The van der Waals surface area contributed by atoms with Crippen molar-refractivity contribution in [2.24, 2.45) is 0 Å². The second kappa shape index (κ2) is 5.54. The molecule has 0 aliphatic rings. The van der Waals surface area contributed by atoms with Crippen LogP contribution >= 0.6 is 11.6 Å². The molecule has 1 unspecified atom stereocenters. The summed E-state index contributed by atoms with van der Waals surface area (Å²) in [6.07, 6.45) is -8.19. The molecule has 1 aromatic carbocycles. The van der Waals surface area contributed by atoms with E-state index < -0.39 is 24.5 Å². The van der Waals surface area contributed by atoms with Crippen molar-refractivity contribution in [1.82, 2.24) is 0 Å². The first-order valence-electron chi connectivity index (χ1n) is 4.94. The SMILES string of the molecule is C=C(CC(O)C(F)(F)F)C(=O)c1ccc(Cl)cc1. The van der Waals surface area contributed by atoms with Gasteiger partial charge in [0.25, 0.3) is 0 Å². The molecule has 0 aliphatic carbocycles. The van der Waals surface area contributed by atoms with E-state index in [1.54, 1.807) is 0 Å². The number of rotatable bonds is 4. The quantitative estimate of drug-likeness (QED) is 0.677. The van der Waals surface area contributed by atoms with Crippen molar-refractivity contribution in [3.05, 3.63) is 47.0 Å². The van der Waals surface area contributed by atoms with Crippen LogP contribution in [0.2, 0.25) is 5.02 Å². The van der Waals surface area contributed by atoms with Crippen LogP contribution in [0.3, 0.4) is 0 Å². The van der Waals surface area contributed by atoms with Crippen molar-refractivity contribution >= 4 is 17.4 Å². The van der Waals surface area contributed by atoms with Crippen LogP contribution in [0.15, 0.2) is 36.4 Å². The maximum Gasteiger partial charge on any atom is 0.414 e. The molecule has 0 aromatic heterocycles. The average Bonchev–Trinajstić information content (AvgIpc) is 2.27. The molecule has 1 aromatic rings. The number of benzene rings is 1. The topological polar surface area (TPSA) is 37.3 Å². The molecule has 0 spiro atoms. The molecule has 1 atom stereocenters. The molecule has 1 rings (SSSR count). The Labute approximate surface area is 107 Å². The molecular weight excluding hydrogens is 269 g/mol. The van der Waals surface area contributed by atoms with Crippen molar-refractivity contribution in [2.75, 3.05) is 0 Å². The third-order valence-corrected chi connectivity index (χ3v) is 2.50. The molecule has 0 bridgehead atoms. The second-order valence-electron chi connectivity index (χ2n) is 3.70. The van der Waals surface area contributed by atoms with Crippen molar-refractivity contribution in [2.45, 2.75) is 18.7 Å². The van der Waals surface area contributed by atoms with E-state index in [1.165, 1.54) is 24.3 Å². The van der Waals surface area contributed by atoms with Crippen LogP contribution in [0.4, 0.5) is 13.2 Å². The molecular formula is C12H10ClF3O2. The number of aliphatic hydroxyl groups is 1.